The lowest BCUT2D eigenvalue weighted by molar-refractivity contribution is 0.576. The molecule has 0 aliphatic carbocycles. The van der Waals surface area contributed by atoms with E-state index in [0.717, 1.165) is 4.88 Å². The van der Waals surface area contributed by atoms with Crippen molar-refractivity contribution in [1.29, 1.82) is 0 Å². The molecule has 2 aromatic rings. The van der Waals surface area contributed by atoms with E-state index in [9.17, 15) is 0 Å². The SMILES string of the molecule is CC(C)(C)c1ccc(-c2ncco2)s1. The van der Waals surface area contributed by atoms with Gasteiger partial charge in [-0.3, -0.25) is 0 Å². The third-order valence-corrected chi connectivity index (χ3v) is 3.49. The summed E-state index contributed by atoms with van der Waals surface area (Å²) in [5, 5.41) is 0. The molecule has 0 spiro atoms. The lowest BCUT2D eigenvalue weighted by Gasteiger charge is -2.14. The molecule has 0 saturated heterocycles. The average Bonchev–Trinajstić information content (AvgIpc) is 2.73. The molecule has 0 atom stereocenters. The van der Waals surface area contributed by atoms with E-state index in [1.54, 1.807) is 23.8 Å². The van der Waals surface area contributed by atoms with Crippen LogP contribution in [0.5, 0.6) is 0 Å². The van der Waals surface area contributed by atoms with Gasteiger partial charge in [-0.15, -0.1) is 11.3 Å². The Labute approximate surface area is 87.6 Å². The molecule has 0 aliphatic heterocycles. The number of thiophene rings is 1. The van der Waals surface area contributed by atoms with Gasteiger partial charge in [0.05, 0.1) is 11.1 Å². The zero-order valence-electron chi connectivity index (χ0n) is 8.57. The molecule has 0 radical (unpaired) electrons. The average molecular weight is 207 g/mol. The van der Waals surface area contributed by atoms with Crippen LogP contribution in [0, 0.1) is 0 Å². The second kappa shape index (κ2) is 3.24. The van der Waals surface area contributed by atoms with Crippen molar-refractivity contribution in [2.75, 3.05) is 0 Å². The van der Waals surface area contributed by atoms with Crippen LogP contribution in [-0.2, 0) is 5.41 Å². The third-order valence-electron chi connectivity index (χ3n) is 1.99. The number of hydrogen-bond donors (Lipinski definition) is 0. The maximum Gasteiger partial charge on any atom is 0.236 e. The fourth-order valence-corrected chi connectivity index (χ4v) is 2.20. The molecule has 0 unspecified atom stereocenters. The van der Waals surface area contributed by atoms with Gasteiger partial charge in [0.25, 0.3) is 0 Å². The van der Waals surface area contributed by atoms with Gasteiger partial charge in [0.15, 0.2) is 0 Å². The first kappa shape index (κ1) is 9.46. The summed E-state index contributed by atoms with van der Waals surface area (Å²) < 4.78 is 5.24. The van der Waals surface area contributed by atoms with Crippen molar-refractivity contribution < 1.29 is 4.42 Å². The highest BCUT2D eigenvalue weighted by Crippen LogP contribution is 2.34. The standard InChI is InChI=1S/C11H13NOS/c1-11(2,3)9-5-4-8(14-9)10-12-6-7-13-10/h4-7H,1-3H3. The normalized spacial score (nSPS) is 11.9. The van der Waals surface area contributed by atoms with Crippen molar-refractivity contribution in [3.05, 3.63) is 29.5 Å². The zero-order chi connectivity index (χ0) is 10.2. The van der Waals surface area contributed by atoms with Crippen LogP contribution < -0.4 is 0 Å². The molecule has 0 amide bonds. The molecule has 0 bridgehead atoms. The molecule has 2 heterocycles. The van der Waals surface area contributed by atoms with E-state index in [2.05, 4.69) is 37.9 Å². The van der Waals surface area contributed by atoms with E-state index in [1.165, 1.54) is 4.88 Å². The first-order valence-electron chi connectivity index (χ1n) is 4.57. The Morgan fingerprint density at radius 2 is 2.07 bits per heavy atom. The molecule has 2 nitrogen and oxygen atoms in total. The highest BCUT2D eigenvalue weighted by Gasteiger charge is 2.17. The Balaban J connectivity index is 2.36. The van der Waals surface area contributed by atoms with Crippen molar-refractivity contribution in [3.63, 3.8) is 0 Å². The van der Waals surface area contributed by atoms with Crippen LogP contribution in [0.1, 0.15) is 25.6 Å². The van der Waals surface area contributed by atoms with Gasteiger partial charge in [0.2, 0.25) is 5.89 Å². The molecule has 0 aliphatic rings. The fraction of sp³-hybridized carbons (Fsp3) is 0.364. The van der Waals surface area contributed by atoms with Crippen LogP contribution in [0.4, 0.5) is 0 Å². The van der Waals surface area contributed by atoms with Gasteiger partial charge in [-0.25, -0.2) is 4.98 Å². The molecule has 3 heteroatoms. The fourth-order valence-electron chi connectivity index (χ4n) is 1.20. The smallest absolute Gasteiger partial charge is 0.236 e. The van der Waals surface area contributed by atoms with Gasteiger partial charge in [0.1, 0.15) is 6.26 Å². The molecular weight excluding hydrogens is 194 g/mol. The maximum atomic E-state index is 5.24. The van der Waals surface area contributed by atoms with E-state index in [4.69, 9.17) is 4.42 Å². The van der Waals surface area contributed by atoms with Crippen molar-refractivity contribution in [2.45, 2.75) is 26.2 Å². The summed E-state index contributed by atoms with van der Waals surface area (Å²) >= 11 is 1.74. The van der Waals surface area contributed by atoms with Crippen LogP contribution >= 0.6 is 11.3 Å². The number of rotatable bonds is 1. The van der Waals surface area contributed by atoms with E-state index in [-0.39, 0.29) is 5.41 Å². The van der Waals surface area contributed by atoms with E-state index < -0.39 is 0 Å². The highest BCUT2D eigenvalue weighted by molar-refractivity contribution is 7.15. The Hall–Kier alpha value is -1.09. The molecule has 74 valence electrons. The summed E-state index contributed by atoms with van der Waals surface area (Å²) in [7, 11) is 0. The van der Waals surface area contributed by atoms with Crippen molar-refractivity contribution in [1.82, 2.24) is 4.98 Å². The van der Waals surface area contributed by atoms with E-state index in [1.807, 2.05) is 0 Å². The van der Waals surface area contributed by atoms with Crippen LogP contribution in [-0.4, -0.2) is 4.98 Å². The summed E-state index contributed by atoms with van der Waals surface area (Å²) in [6, 6.07) is 4.21. The van der Waals surface area contributed by atoms with E-state index in [0.29, 0.717) is 5.89 Å². The zero-order valence-corrected chi connectivity index (χ0v) is 9.39. The van der Waals surface area contributed by atoms with Gasteiger partial charge in [-0.1, -0.05) is 20.8 Å². The molecule has 0 fully saturated rings. The lowest BCUT2D eigenvalue weighted by Crippen LogP contribution is -2.07. The Morgan fingerprint density at radius 3 is 2.57 bits per heavy atom. The van der Waals surface area contributed by atoms with E-state index >= 15 is 0 Å². The predicted molar refractivity (Wildman–Crippen MR) is 58.5 cm³/mol. The minimum Gasteiger partial charge on any atom is -0.444 e. The van der Waals surface area contributed by atoms with Crippen molar-refractivity contribution >= 4 is 11.3 Å². The van der Waals surface area contributed by atoms with Crippen LogP contribution in [0.3, 0.4) is 0 Å². The topological polar surface area (TPSA) is 26.0 Å². The van der Waals surface area contributed by atoms with Crippen LogP contribution in [0.2, 0.25) is 0 Å². The minimum atomic E-state index is 0.204. The van der Waals surface area contributed by atoms with Gasteiger partial charge < -0.3 is 4.42 Å². The molecule has 2 aromatic heterocycles. The molecule has 0 N–H and O–H groups in total. The Kier molecular flexibility index (Phi) is 2.19. The first-order chi connectivity index (χ1) is 6.57. The molecule has 0 aromatic carbocycles. The molecular formula is C11H13NOS. The van der Waals surface area contributed by atoms with Gasteiger partial charge in [-0.2, -0.15) is 0 Å². The summed E-state index contributed by atoms with van der Waals surface area (Å²) in [6.45, 7) is 6.62. The molecule has 0 saturated carbocycles. The summed E-state index contributed by atoms with van der Waals surface area (Å²) in [5.41, 5.74) is 0.204. The minimum absolute atomic E-state index is 0.204. The lowest BCUT2D eigenvalue weighted by atomic mass is 9.95. The summed E-state index contributed by atoms with van der Waals surface area (Å²) in [6.07, 6.45) is 3.28. The van der Waals surface area contributed by atoms with Gasteiger partial charge in [-0.05, 0) is 17.5 Å². The maximum absolute atomic E-state index is 5.24. The second-order valence-corrected chi connectivity index (χ2v) is 5.33. The van der Waals surface area contributed by atoms with Gasteiger partial charge in [0, 0.05) is 4.88 Å². The van der Waals surface area contributed by atoms with Crippen molar-refractivity contribution in [3.8, 4) is 10.8 Å². The second-order valence-electron chi connectivity index (χ2n) is 4.25. The number of aromatic nitrogens is 1. The number of oxazole rings is 1. The molecule has 2 rings (SSSR count). The quantitative estimate of drug-likeness (QED) is 0.712. The van der Waals surface area contributed by atoms with Crippen molar-refractivity contribution in [2.24, 2.45) is 0 Å². The monoisotopic (exact) mass is 207 g/mol. The Bertz CT molecular complexity index is 409. The largest absolute Gasteiger partial charge is 0.444 e. The summed E-state index contributed by atoms with van der Waals surface area (Å²) in [5.74, 6) is 0.713. The number of nitrogens with zero attached hydrogens (tertiary/aromatic N) is 1. The summed E-state index contributed by atoms with van der Waals surface area (Å²) in [4.78, 5) is 6.58. The van der Waals surface area contributed by atoms with Crippen LogP contribution in [0.15, 0.2) is 29.0 Å². The number of hydrogen-bond acceptors (Lipinski definition) is 3. The first-order valence-corrected chi connectivity index (χ1v) is 5.39. The Morgan fingerprint density at radius 1 is 1.29 bits per heavy atom. The molecule has 14 heavy (non-hydrogen) atoms. The highest BCUT2D eigenvalue weighted by atomic mass is 32.1. The van der Waals surface area contributed by atoms with Crippen LogP contribution in [0.25, 0.3) is 10.8 Å². The predicted octanol–water partition coefficient (Wildman–Crippen LogP) is 3.70. The van der Waals surface area contributed by atoms with Gasteiger partial charge >= 0.3 is 0 Å². The third kappa shape index (κ3) is 1.73.